The molecule has 0 amide bonds. The van der Waals surface area contributed by atoms with Gasteiger partial charge in [0.05, 0.1) is 0 Å². The van der Waals surface area contributed by atoms with Crippen LogP contribution in [0.5, 0.6) is 0 Å². The van der Waals surface area contributed by atoms with E-state index >= 15 is 0 Å². The second-order valence-corrected chi connectivity index (χ2v) is 5.60. The number of benzene rings is 3. The Balaban J connectivity index is 1.81. The molecule has 1 aromatic heterocycles. The third-order valence-corrected chi connectivity index (χ3v) is 3.99. The average Bonchev–Trinajstić information content (AvgIpc) is 3.06. The minimum absolute atomic E-state index is 0.221. The van der Waals surface area contributed by atoms with Gasteiger partial charge in [0.1, 0.15) is 11.5 Å². The largest absolute Gasteiger partial charge is 0.356 e. The lowest BCUT2D eigenvalue weighted by Crippen LogP contribution is -1.85. The van der Waals surface area contributed by atoms with Crippen molar-refractivity contribution in [2.75, 3.05) is 0 Å². The molecule has 2 nitrogen and oxygen atoms in total. The van der Waals surface area contributed by atoms with Crippen molar-refractivity contribution < 1.29 is 8.91 Å². The molecule has 4 aromatic rings. The van der Waals surface area contributed by atoms with E-state index in [1.165, 1.54) is 6.07 Å². The zero-order chi connectivity index (χ0) is 15.8. The normalized spacial score (nSPS) is 11.0. The molecule has 0 radical (unpaired) electrons. The van der Waals surface area contributed by atoms with Crippen LogP contribution in [0.1, 0.15) is 5.56 Å². The Labute approximate surface area is 133 Å². The summed E-state index contributed by atoms with van der Waals surface area (Å²) in [5.74, 6) is 0.513. The summed E-state index contributed by atoms with van der Waals surface area (Å²) >= 11 is 0. The smallest absolute Gasteiger partial charge is 0.167 e. The van der Waals surface area contributed by atoms with E-state index in [0.717, 1.165) is 38.9 Å². The fraction of sp³-hybridized carbons (Fsp3) is 0.0500. The topological polar surface area (TPSA) is 26.0 Å². The second kappa shape index (κ2) is 5.36. The van der Waals surface area contributed by atoms with Crippen LogP contribution in [0, 0.1) is 12.7 Å². The van der Waals surface area contributed by atoms with Gasteiger partial charge >= 0.3 is 0 Å². The molecular formula is C20H14FNO. The number of aromatic nitrogens is 1. The van der Waals surface area contributed by atoms with Crippen LogP contribution < -0.4 is 0 Å². The molecule has 0 aliphatic carbocycles. The predicted octanol–water partition coefficient (Wildman–Crippen LogP) is 5.61. The molecule has 0 N–H and O–H groups in total. The van der Waals surface area contributed by atoms with Crippen LogP contribution in [0.25, 0.3) is 33.4 Å². The van der Waals surface area contributed by atoms with Gasteiger partial charge in [0.15, 0.2) is 5.76 Å². The van der Waals surface area contributed by atoms with E-state index in [9.17, 15) is 4.39 Å². The van der Waals surface area contributed by atoms with Crippen LogP contribution in [-0.2, 0) is 0 Å². The third-order valence-electron chi connectivity index (χ3n) is 3.99. The summed E-state index contributed by atoms with van der Waals surface area (Å²) in [6.07, 6.45) is 0. The van der Waals surface area contributed by atoms with Gasteiger partial charge in [-0.2, -0.15) is 0 Å². The Hall–Kier alpha value is -2.94. The highest BCUT2D eigenvalue weighted by molar-refractivity contribution is 5.90. The first-order valence-corrected chi connectivity index (χ1v) is 7.43. The van der Waals surface area contributed by atoms with Gasteiger partial charge in [-0.3, -0.25) is 0 Å². The first-order chi connectivity index (χ1) is 11.2. The molecule has 4 rings (SSSR count). The van der Waals surface area contributed by atoms with Crippen LogP contribution in [0.3, 0.4) is 0 Å². The average molecular weight is 303 g/mol. The Morgan fingerprint density at radius 1 is 0.870 bits per heavy atom. The Morgan fingerprint density at radius 2 is 1.70 bits per heavy atom. The lowest BCUT2D eigenvalue weighted by atomic mass is 10.00. The number of hydrogen-bond donors (Lipinski definition) is 0. The van der Waals surface area contributed by atoms with Gasteiger partial charge in [-0.25, -0.2) is 4.39 Å². The summed E-state index contributed by atoms with van der Waals surface area (Å²) in [6.45, 7) is 1.98. The maximum atomic E-state index is 13.4. The number of nitrogens with zero attached hydrogens (tertiary/aromatic N) is 1. The third kappa shape index (κ3) is 2.50. The van der Waals surface area contributed by atoms with Crippen molar-refractivity contribution in [2.45, 2.75) is 6.92 Å². The highest BCUT2D eigenvalue weighted by atomic mass is 19.1. The SMILES string of the molecule is Cc1cc(-c2cc(-c3ccccc3)on2)cc2ccc(F)cc12. The lowest BCUT2D eigenvalue weighted by molar-refractivity contribution is 0.435. The standard InChI is InChI=1S/C20H14FNO/c1-13-9-16(10-15-7-8-17(21)11-18(13)15)19-12-20(23-22-19)14-5-3-2-4-6-14/h2-12H,1H3. The molecule has 0 aliphatic heterocycles. The molecule has 0 aliphatic rings. The van der Waals surface area contributed by atoms with Gasteiger partial charge < -0.3 is 4.52 Å². The predicted molar refractivity (Wildman–Crippen MR) is 89.6 cm³/mol. The van der Waals surface area contributed by atoms with Crippen molar-refractivity contribution in [2.24, 2.45) is 0 Å². The molecule has 0 fully saturated rings. The van der Waals surface area contributed by atoms with Crippen LogP contribution in [0.15, 0.2) is 71.3 Å². The molecule has 3 aromatic carbocycles. The van der Waals surface area contributed by atoms with Gasteiger partial charge in [0.25, 0.3) is 0 Å². The van der Waals surface area contributed by atoms with E-state index in [0.29, 0.717) is 0 Å². The van der Waals surface area contributed by atoms with Crippen molar-refractivity contribution in [3.8, 4) is 22.6 Å². The summed E-state index contributed by atoms with van der Waals surface area (Å²) in [5, 5.41) is 6.09. The van der Waals surface area contributed by atoms with E-state index in [1.807, 2.05) is 55.5 Å². The van der Waals surface area contributed by atoms with Crippen molar-refractivity contribution in [1.29, 1.82) is 0 Å². The minimum Gasteiger partial charge on any atom is -0.356 e. The minimum atomic E-state index is -0.221. The molecule has 3 heteroatoms. The van der Waals surface area contributed by atoms with Crippen LogP contribution in [0.2, 0.25) is 0 Å². The van der Waals surface area contributed by atoms with Crippen molar-refractivity contribution in [3.05, 3.63) is 78.1 Å². The number of rotatable bonds is 2. The summed E-state index contributed by atoms with van der Waals surface area (Å²) < 4.78 is 18.9. The van der Waals surface area contributed by atoms with Crippen LogP contribution in [0.4, 0.5) is 4.39 Å². The fourth-order valence-corrected chi connectivity index (χ4v) is 2.81. The number of aryl methyl sites for hydroxylation is 1. The first-order valence-electron chi connectivity index (χ1n) is 7.43. The molecule has 0 bridgehead atoms. The number of halogens is 1. The highest BCUT2D eigenvalue weighted by Gasteiger charge is 2.10. The summed E-state index contributed by atoms with van der Waals surface area (Å²) in [7, 11) is 0. The van der Waals surface area contributed by atoms with E-state index in [-0.39, 0.29) is 5.82 Å². The fourth-order valence-electron chi connectivity index (χ4n) is 2.81. The molecule has 23 heavy (non-hydrogen) atoms. The number of fused-ring (bicyclic) bond motifs is 1. The maximum absolute atomic E-state index is 13.4. The van der Waals surface area contributed by atoms with E-state index in [2.05, 4.69) is 5.16 Å². The van der Waals surface area contributed by atoms with Crippen molar-refractivity contribution in [3.63, 3.8) is 0 Å². The van der Waals surface area contributed by atoms with E-state index in [4.69, 9.17) is 4.52 Å². The quantitative estimate of drug-likeness (QED) is 0.481. The summed E-state index contributed by atoms with van der Waals surface area (Å²) in [4.78, 5) is 0. The first kappa shape index (κ1) is 13.7. The second-order valence-electron chi connectivity index (χ2n) is 5.60. The van der Waals surface area contributed by atoms with Crippen molar-refractivity contribution >= 4 is 10.8 Å². The van der Waals surface area contributed by atoms with E-state index < -0.39 is 0 Å². The lowest BCUT2D eigenvalue weighted by Gasteiger charge is -2.05. The molecule has 0 atom stereocenters. The summed E-state index contributed by atoms with van der Waals surface area (Å²) in [6, 6.07) is 20.6. The Bertz CT molecular complexity index is 989. The molecule has 1 heterocycles. The summed E-state index contributed by atoms with van der Waals surface area (Å²) in [5.41, 5.74) is 3.75. The Morgan fingerprint density at radius 3 is 2.52 bits per heavy atom. The van der Waals surface area contributed by atoms with Gasteiger partial charge in [0.2, 0.25) is 0 Å². The van der Waals surface area contributed by atoms with Gasteiger partial charge in [-0.1, -0.05) is 41.6 Å². The van der Waals surface area contributed by atoms with Gasteiger partial charge in [-0.05, 0) is 47.5 Å². The molecule has 0 saturated carbocycles. The van der Waals surface area contributed by atoms with Gasteiger partial charge in [0, 0.05) is 17.2 Å². The molecule has 0 spiro atoms. The van der Waals surface area contributed by atoms with Crippen molar-refractivity contribution in [1.82, 2.24) is 5.16 Å². The van der Waals surface area contributed by atoms with E-state index in [1.54, 1.807) is 12.1 Å². The van der Waals surface area contributed by atoms with Gasteiger partial charge in [-0.15, -0.1) is 0 Å². The Kier molecular flexibility index (Phi) is 3.19. The molecule has 0 saturated heterocycles. The molecule has 112 valence electrons. The highest BCUT2D eigenvalue weighted by Crippen LogP contribution is 2.30. The van der Waals surface area contributed by atoms with Crippen LogP contribution in [-0.4, -0.2) is 5.16 Å². The molecular weight excluding hydrogens is 289 g/mol. The zero-order valence-electron chi connectivity index (χ0n) is 12.6. The van der Waals surface area contributed by atoms with Crippen LogP contribution >= 0.6 is 0 Å². The zero-order valence-corrected chi connectivity index (χ0v) is 12.6. The monoisotopic (exact) mass is 303 g/mol. The number of hydrogen-bond acceptors (Lipinski definition) is 2. The maximum Gasteiger partial charge on any atom is 0.167 e. The molecule has 0 unspecified atom stereocenters.